The molecule has 3 rings (SSSR count). The summed E-state index contributed by atoms with van der Waals surface area (Å²) in [6.45, 7) is 5.13. The second-order valence-electron chi connectivity index (χ2n) is 7.80. The number of anilines is 1. The van der Waals surface area contributed by atoms with Crippen LogP contribution in [0, 0.1) is 11.7 Å². The minimum Gasteiger partial charge on any atom is -0.492 e. The lowest BCUT2D eigenvalue weighted by Crippen LogP contribution is -2.39. The molecule has 0 bridgehead atoms. The van der Waals surface area contributed by atoms with E-state index in [2.05, 4.69) is 15.5 Å². The third-order valence-corrected chi connectivity index (χ3v) is 5.50. The molecule has 0 saturated carbocycles. The number of hydrogen-bond donors (Lipinski definition) is 2. The van der Waals surface area contributed by atoms with E-state index in [0.717, 1.165) is 44.5 Å². The monoisotopic (exact) mass is 427 g/mol. The van der Waals surface area contributed by atoms with Gasteiger partial charge in [0.05, 0.1) is 12.3 Å². The number of carbonyl (C=O) groups excluding carboxylic acids is 2. The molecule has 6 nitrogen and oxygen atoms in total. The summed E-state index contributed by atoms with van der Waals surface area (Å²) in [5.74, 6) is 0.359. The zero-order valence-corrected chi connectivity index (χ0v) is 17.9. The molecule has 0 atom stereocenters. The second kappa shape index (κ2) is 11.5. The normalized spacial score (nSPS) is 14.8. The molecule has 1 aliphatic heterocycles. The Morgan fingerprint density at radius 1 is 1.10 bits per heavy atom. The van der Waals surface area contributed by atoms with Crippen LogP contribution >= 0.6 is 0 Å². The number of para-hydroxylation sites is 2. The van der Waals surface area contributed by atoms with E-state index in [1.54, 1.807) is 18.2 Å². The van der Waals surface area contributed by atoms with Crippen LogP contribution in [0.2, 0.25) is 0 Å². The number of hydrogen-bond acceptors (Lipinski definition) is 4. The van der Waals surface area contributed by atoms with Gasteiger partial charge >= 0.3 is 6.03 Å². The Kier molecular flexibility index (Phi) is 8.41. The first-order valence-electron chi connectivity index (χ1n) is 10.8. The van der Waals surface area contributed by atoms with Crippen LogP contribution in [-0.4, -0.2) is 43.1 Å². The van der Waals surface area contributed by atoms with Crippen molar-refractivity contribution in [3.8, 4) is 5.75 Å². The lowest BCUT2D eigenvalue weighted by Gasteiger charge is -2.31. The average molecular weight is 428 g/mol. The smallest absolute Gasteiger partial charge is 0.325 e. The molecule has 0 radical (unpaired) electrons. The Labute approximate surface area is 182 Å². The van der Waals surface area contributed by atoms with Crippen LogP contribution in [0.25, 0.3) is 0 Å². The molecular formula is C24H30FN3O3. The highest BCUT2D eigenvalue weighted by atomic mass is 19.1. The Morgan fingerprint density at radius 2 is 1.81 bits per heavy atom. The molecule has 1 aliphatic rings. The average Bonchev–Trinajstić information content (AvgIpc) is 2.76. The second-order valence-corrected chi connectivity index (χ2v) is 7.80. The Morgan fingerprint density at radius 3 is 2.52 bits per heavy atom. The molecule has 31 heavy (non-hydrogen) atoms. The van der Waals surface area contributed by atoms with Gasteiger partial charge < -0.3 is 15.0 Å². The van der Waals surface area contributed by atoms with Crippen molar-refractivity contribution in [1.82, 2.24) is 10.2 Å². The Hall–Kier alpha value is -2.93. The molecule has 2 aromatic carbocycles. The van der Waals surface area contributed by atoms with E-state index in [9.17, 15) is 14.0 Å². The van der Waals surface area contributed by atoms with E-state index in [4.69, 9.17) is 4.74 Å². The molecule has 2 N–H and O–H groups in total. The van der Waals surface area contributed by atoms with Crippen LogP contribution < -0.4 is 15.4 Å². The Balaban J connectivity index is 1.37. The number of nitrogens with zero attached hydrogens (tertiary/aromatic N) is 1. The number of likely N-dealkylation sites (tertiary alicyclic amines) is 1. The van der Waals surface area contributed by atoms with Gasteiger partial charge in [-0.15, -0.1) is 0 Å². The lowest BCUT2D eigenvalue weighted by atomic mass is 9.93. The van der Waals surface area contributed by atoms with Gasteiger partial charge in [-0.2, -0.15) is 0 Å². The van der Waals surface area contributed by atoms with Crippen molar-refractivity contribution < 1.29 is 18.7 Å². The maximum absolute atomic E-state index is 13.0. The largest absolute Gasteiger partial charge is 0.492 e. The highest BCUT2D eigenvalue weighted by Gasteiger charge is 2.22. The lowest BCUT2D eigenvalue weighted by molar-refractivity contribution is -0.121. The van der Waals surface area contributed by atoms with Gasteiger partial charge in [0.15, 0.2) is 0 Å². The SMILES string of the molecule is CCOc1ccccc1NC(=O)NC(=O)CC1CCN(CCc2ccc(F)cc2)CC1. The van der Waals surface area contributed by atoms with Gasteiger partial charge in [0.2, 0.25) is 5.91 Å². The van der Waals surface area contributed by atoms with Crippen molar-refractivity contribution in [2.75, 3.05) is 31.6 Å². The summed E-state index contributed by atoms with van der Waals surface area (Å²) in [5, 5.41) is 5.10. The van der Waals surface area contributed by atoms with Crippen LogP contribution in [0.4, 0.5) is 14.9 Å². The molecule has 0 aliphatic carbocycles. The maximum Gasteiger partial charge on any atom is 0.325 e. The number of urea groups is 1. The fourth-order valence-corrected chi connectivity index (χ4v) is 3.80. The molecule has 0 aromatic heterocycles. The van der Waals surface area contributed by atoms with Crippen LogP contribution in [0.5, 0.6) is 5.75 Å². The Bertz CT molecular complexity index is 865. The van der Waals surface area contributed by atoms with E-state index in [1.165, 1.54) is 12.1 Å². The molecule has 3 amide bonds. The number of piperidine rings is 1. The molecule has 1 heterocycles. The van der Waals surface area contributed by atoms with E-state index in [-0.39, 0.29) is 17.6 Å². The molecular weight excluding hydrogens is 397 g/mol. The summed E-state index contributed by atoms with van der Waals surface area (Å²) in [6, 6.07) is 13.2. The minimum absolute atomic E-state index is 0.213. The fraction of sp³-hybridized carbons (Fsp3) is 0.417. The molecule has 7 heteroatoms. The van der Waals surface area contributed by atoms with Crippen LogP contribution in [0.1, 0.15) is 31.7 Å². The van der Waals surface area contributed by atoms with Crippen molar-refractivity contribution in [1.29, 1.82) is 0 Å². The third-order valence-electron chi connectivity index (χ3n) is 5.50. The third kappa shape index (κ3) is 7.36. The first-order chi connectivity index (χ1) is 15.0. The quantitative estimate of drug-likeness (QED) is 0.662. The van der Waals surface area contributed by atoms with E-state index in [0.29, 0.717) is 24.5 Å². The van der Waals surface area contributed by atoms with Crippen molar-refractivity contribution in [2.24, 2.45) is 5.92 Å². The summed E-state index contributed by atoms with van der Waals surface area (Å²) >= 11 is 0. The number of rotatable bonds is 8. The summed E-state index contributed by atoms with van der Waals surface area (Å²) in [4.78, 5) is 26.8. The molecule has 2 aromatic rings. The number of amides is 3. The summed E-state index contributed by atoms with van der Waals surface area (Å²) in [5.41, 5.74) is 1.66. The summed E-state index contributed by atoms with van der Waals surface area (Å²) in [7, 11) is 0. The number of benzene rings is 2. The van der Waals surface area contributed by atoms with Crippen molar-refractivity contribution in [3.05, 3.63) is 59.9 Å². The minimum atomic E-state index is -0.547. The molecule has 0 unspecified atom stereocenters. The number of halogens is 1. The highest BCUT2D eigenvalue weighted by molar-refractivity contribution is 6.01. The number of nitrogens with one attached hydrogen (secondary N) is 2. The predicted octanol–water partition coefficient (Wildman–Crippen LogP) is 4.22. The topological polar surface area (TPSA) is 70.7 Å². The van der Waals surface area contributed by atoms with Crippen LogP contribution in [0.3, 0.4) is 0 Å². The van der Waals surface area contributed by atoms with Gasteiger partial charge in [0, 0.05) is 13.0 Å². The number of ether oxygens (including phenoxy) is 1. The van der Waals surface area contributed by atoms with E-state index in [1.807, 2.05) is 25.1 Å². The first kappa shape index (κ1) is 22.7. The molecule has 1 saturated heterocycles. The molecule has 0 spiro atoms. The van der Waals surface area contributed by atoms with Gasteiger partial charge in [-0.3, -0.25) is 10.1 Å². The van der Waals surface area contributed by atoms with Crippen molar-refractivity contribution in [3.63, 3.8) is 0 Å². The van der Waals surface area contributed by atoms with Gasteiger partial charge in [-0.1, -0.05) is 24.3 Å². The van der Waals surface area contributed by atoms with Crippen molar-refractivity contribution in [2.45, 2.75) is 32.6 Å². The van der Waals surface area contributed by atoms with Gasteiger partial charge in [-0.05, 0) is 75.0 Å². The predicted molar refractivity (Wildman–Crippen MR) is 119 cm³/mol. The zero-order chi connectivity index (χ0) is 22.1. The summed E-state index contributed by atoms with van der Waals surface area (Å²) in [6.07, 6.45) is 3.07. The van der Waals surface area contributed by atoms with Gasteiger partial charge in [0.1, 0.15) is 11.6 Å². The highest BCUT2D eigenvalue weighted by Crippen LogP contribution is 2.24. The van der Waals surface area contributed by atoms with Crippen LogP contribution in [-0.2, 0) is 11.2 Å². The van der Waals surface area contributed by atoms with E-state index >= 15 is 0 Å². The van der Waals surface area contributed by atoms with E-state index < -0.39 is 6.03 Å². The maximum atomic E-state index is 13.0. The number of imide groups is 1. The standard InChI is InChI=1S/C24H30FN3O3/c1-2-31-22-6-4-3-5-21(22)26-24(30)27-23(29)17-19-12-15-28(16-13-19)14-11-18-7-9-20(25)10-8-18/h3-10,19H,2,11-17H2,1H3,(H2,26,27,29,30). The van der Waals surface area contributed by atoms with Crippen LogP contribution in [0.15, 0.2) is 48.5 Å². The van der Waals surface area contributed by atoms with Crippen molar-refractivity contribution >= 4 is 17.6 Å². The first-order valence-corrected chi connectivity index (χ1v) is 10.8. The van der Waals surface area contributed by atoms with Gasteiger partial charge in [-0.25, -0.2) is 9.18 Å². The summed E-state index contributed by atoms with van der Waals surface area (Å²) < 4.78 is 18.5. The number of carbonyl (C=O) groups is 2. The molecule has 166 valence electrons. The van der Waals surface area contributed by atoms with Gasteiger partial charge in [0.25, 0.3) is 0 Å². The molecule has 1 fully saturated rings. The zero-order valence-electron chi connectivity index (χ0n) is 17.9. The fourth-order valence-electron chi connectivity index (χ4n) is 3.80.